The smallest absolute Gasteiger partial charge is 0.296 e. The predicted molar refractivity (Wildman–Crippen MR) is 118 cm³/mol. The zero-order valence-electron chi connectivity index (χ0n) is 17.4. The second-order valence-electron chi connectivity index (χ2n) is 7.72. The fourth-order valence-corrected chi connectivity index (χ4v) is 4.10. The number of aromatic nitrogens is 1. The highest BCUT2D eigenvalue weighted by Gasteiger charge is 2.44. The molecule has 0 radical (unpaired) electrons. The number of aryl methyl sites for hydroxylation is 2. The van der Waals surface area contributed by atoms with Gasteiger partial charge in [0.2, 0.25) is 5.76 Å². The molecule has 1 unspecified atom stereocenters. The van der Waals surface area contributed by atoms with Gasteiger partial charge in [-0.1, -0.05) is 23.8 Å². The number of benzene rings is 2. The van der Waals surface area contributed by atoms with Crippen molar-refractivity contribution < 1.29 is 13.9 Å². The van der Waals surface area contributed by atoms with Crippen molar-refractivity contribution >= 4 is 22.7 Å². The number of ether oxygens (including phenoxy) is 1. The van der Waals surface area contributed by atoms with Gasteiger partial charge in [-0.15, -0.1) is 0 Å². The van der Waals surface area contributed by atoms with Gasteiger partial charge in [0, 0.05) is 6.20 Å². The first-order valence-corrected chi connectivity index (χ1v) is 9.95. The number of carbonyl (C=O) groups excluding carboxylic acids is 1. The summed E-state index contributed by atoms with van der Waals surface area (Å²) in [4.78, 5) is 33.1. The highest BCUT2D eigenvalue weighted by atomic mass is 16.5. The van der Waals surface area contributed by atoms with Gasteiger partial charge in [0.05, 0.1) is 24.1 Å². The third-order valence-electron chi connectivity index (χ3n) is 5.58. The first kappa shape index (κ1) is 19.1. The number of rotatable bonds is 3. The van der Waals surface area contributed by atoms with Crippen molar-refractivity contribution in [3.63, 3.8) is 0 Å². The molecule has 0 bridgehead atoms. The van der Waals surface area contributed by atoms with Crippen LogP contribution in [0.2, 0.25) is 0 Å². The number of methoxy groups -OCH3 is 1. The van der Waals surface area contributed by atoms with Gasteiger partial charge in [0.25, 0.3) is 5.91 Å². The van der Waals surface area contributed by atoms with Crippen LogP contribution in [0.3, 0.4) is 0 Å². The number of nitrogens with zero attached hydrogens (tertiary/aromatic N) is 2. The molecule has 1 aliphatic rings. The maximum atomic E-state index is 13.6. The van der Waals surface area contributed by atoms with Crippen LogP contribution < -0.4 is 15.1 Å². The van der Waals surface area contributed by atoms with E-state index in [1.54, 1.807) is 25.4 Å². The summed E-state index contributed by atoms with van der Waals surface area (Å²) in [6.45, 7) is 3.85. The van der Waals surface area contributed by atoms with Gasteiger partial charge >= 0.3 is 0 Å². The van der Waals surface area contributed by atoms with Gasteiger partial charge in [-0.25, -0.2) is 4.98 Å². The van der Waals surface area contributed by atoms with Crippen LogP contribution in [0.15, 0.2) is 70.0 Å². The molecule has 2 aromatic carbocycles. The molecular formula is C25H20N2O4. The highest BCUT2D eigenvalue weighted by molar-refractivity contribution is 6.10. The molecular weight excluding hydrogens is 392 g/mol. The summed E-state index contributed by atoms with van der Waals surface area (Å²) >= 11 is 0. The Labute approximate surface area is 178 Å². The number of anilines is 1. The second kappa shape index (κ2) is 7.09. The molecule has 0 fully saturated rings. The Bertz CT molecular complexity index is 1410. The van der Waals surface area contributed by atoms with E-state index in [2.05, 4.69) is 4.98 Å². The lowest BCUT2D eigenvalue weighted by molar-refractivity contribution is 0.0970. The van der Waals surface area contributed by atoms with E-state index in [1.807, 2.05) is 56.3 Å². The minimum Gasteiger partial charge on any atom is -0.497 e. The van der Waals surface area contributed by atoms with E-state index in [0.29, 0.717) is 28.1 Å². The fourth-order valence-electron chi connectivity index (χ4n) is 4.10. The molecule has 0 saturated carbocycles. The molecule has 5 rings (SSSR count). The Balaban J connectivity index is 1.83. The molecule has 1 atom stereocenters. The van der Waals surface area contributed by atoms with Gasteiger partial charge in [0.1, 0.15) is 17.2 Å². The Hall–Kier alpha value is -3.93. The molecule has 1 aliphatic heterocycles. The van der Waals surface area contributed by atoms with Crippen molar-refractivity contribution in [2.75, 3.05) is 12.0 Å². The van der Waals surface area contributed by atoms with Crippen molar-refractivity contribution in [3.05, 3.63) is 99.0 Å². The van der Waals surface area contributed by atoms with Gasteiger partial charge < -0.3 is 9.15 Å². The lowest BCUT2D eigenvalue weighted by Gasteiger charge is -2.24. The summed E-state index contributed by atoms with van der Waals surface area (Å²) in [6, 6.07) is 15.8. The molecule has 0 N–H and O–H groups in total. The largest absolute Gasteiger partial charge is 0.497 e. The SMILES string of the molecule is COc1cccc(C2c3c(oc4ccc(C)cc4c3=O)C(=O)N2c2cc(C)ccn2)c1. The minimum absolute atomic E-state index is 0.0532. The van der Waals surface area contributed by atoms with Crippen molar-refractivity contribution in [3.8, 4) is 5.75 Å². The third kappa shape index (κ3) is 2.99. The van der Waals surface area contributed by atoms with Crippen LogP contribution in [0, 0.1) is 13.8 Å². The number of carbonyl (C=O) groups is 1. The first-order valence-electron chi connectivity index (χ1n) is 9.95. The molecule has 154 valence electrons. The number of amides is 1. The van der Waals surface area contributed by atoms with Crippen LogP contribution in [0.5, 0.6) is 5.75 Å². The fraction of sp³-hybridized carbons (Fsp3) is 0.160. The Morgan fingerprint density at radius 1 is 1.00 bits per heavy atom. The van der Waals surface area contributed by atoms with Crippen molar-refractivity contribution in [2.45, 2.75) is 19.9 Å². The number of fused-ring (bicyclic) bond motifs is 2. The lowest BCUT2D eigenvalue weighted by atomic mass is 9.98. The van der Waals surface area contributed by atoms with Crippen molar-refractivity contribution in [1.82, 2.24) is 4.98 Å². The molecule has 4 aromatic rings. The second-order valence-corrected chi connectivity index (χ2v) is 7.72. The number of hydrogen-bond acceptors (Lipinski definition) is 5. The summed E-state index contributed by atoms with van der Waals surface area (Å²) in [5, 5.41) is 0.457. The van der Waals surface area contributed by atoms with E-state index >= 15 is 0 Å². The molecule has 1 amide bonds. The van der Waals surface area contributed by atoms with Crippen LogP contribution in [0.25, 0.3) is 11.0 Å². The van der Waals surface area contributed by atoms with Gasteiger partial charge in [-0.3, -0.25) is 14.5 Å². The molecule has 0 saturated heterocycles. The van der Waals surface area contributed by atoms with Crippen LogP contribution in [-0.4, -0.2) is 18.0 Å². The van der Waals surface area contributed by atoms with Gasteiger partial charge in [0.15, 0.2) is 5.43 Å². The summed E-state index contributed by atoms with van der Waals surface area (Å²) in [5.74, 6) is 0.762. The quantitative estimate of drug-likeness (QED) is 0.493. The van der Waals surface area contributed by atoms with E-state index < -0.39 is 6.04 Å². The normalized spacial score (nSPS) is 15.4. The summed E-state index contributed by atoms with van der Waals surface area (Å²) in [7, 11) is 1.58. The summed E-state index contributed by atoms with van der Waals surface area (Å²) < 4.78 is 11.4. The van der Waals surface area contributed by atoms with E-state index in [4.69, 9.17) is 9.15 Å². The molecule has 0 aliphatic carbocycles. The van der Waals surface area contributed by atoms with E-state index in [1.165, 1.54) is 4.90 Å². The zero-order valence-corrected chi connectivity index (χ0v) is 17.4. The Morgan fingerprint density at radius 2 is 1.81 bits per heavy atom. The molecule has 2 aromatic heterocycles. The molecule has 3 heterocycles. The van der Waals surface area contributed by atoms with Crippen LogP contribution >= 0.6 is 0 Å². The molecule has 31 heavy (non-hydrogen) atoms. The molecule has 6 nitrogen and oxygen atoms in total. The molecule has 6 heteroatoms. The topological polar surface area (TPSA) is 72.6 Å². The lowest BCUT2D eigenvalue weighted by Crippen LogP contribution is -2.30. The molecule has 0 spiro atoms. The monoisotopic (exact) mass is 412 g/mol. The average Bonchev–Trinajstić information content (AvgIpc) is 3.07. The average molecular weight is 412 g/mol. The number of hydrogen-bond donors (Lipinski definition) is 0. The van der Waals surface area contributed by atoms with Gasteiger partial charge in [-0.05, 0) is 61.4 Å². The van der Waals surface area contributed by atoms with Crippen LogP contribution in [-0.2, 0) is 0 Å². The van der Waals surface area contributed by atoms with Gasteiger partial charge in [-0.2, -0.15) is 0 Å². The van der Waals surface area contributed by atoms with E-state index in [-0.39, 0.29) is 17.1 Å². The Morgan fingerprint density at radius 3 is 2.58 bits per heavy atom. The maximum absolute atomic E-state index is 13.6. The predicted octanol–water partition coefficient (Wildman–Crippen LogP) is 4.56. The van der Waals surface area contributed by atoms with Crippen molar-refractivity contribution in [2.24, 2.45) is 0 Å². The maximum Gasteiger partial charge on any atom is 0.296 e. The standard InChI is InChI=1S/C25H20N2O4/c1-14-7-8-19-18(11-14)23(28)21-22(16-5-4-6-17(13-16)30-3)27(25(29)24(21)31-19)20-12-15(2)9-10-26-20/h4-13,22H,1-3H3. The van der Waals surface area contributed by atoms with Crippen LogP contribution in [0.1, 0.15) is 38.9 Å². The van der Waals surface area contributed by atoms with E-state index in [0.717, 1.165) is 16.7 Å². The van der Waals surface area contributed by atoms with Crippen molar-refractivity contribution in [1.29, 1.82) is 0 Å². The third-order valence-corrected chi connectivity index (χ3v) is 5.58. The minimum atomic E-state index is -0.673. The van der Waals surface area contributed by atoms with Crippen LogP contribution in [0.4, 0.5) is 5.82 Å². The highest BCUT2D eigenvalue weighted by Crippen LogP contribution is 2.41. The Kier molecular flexibility index (Phi) is 4.36. The summed E-state index contributed by atoms with van der Waals surface area (Å²) in [6.07, 6.45) is 1.65. The first-order chi connectivity index (χ1) is 15.0. The zero-order chi connectivity index (χ0) is 21.7. The van der Waals surface area contributed by atoms with E-state index in [9.17, 15) is 9.59 Å². The summed E-state index contributed by atoms with van der Waals surface area (Å²) in [5.41, 5.74) is 3.15. The number of pyridine rings is 1.